The number of carboxylic acids is 1. The lowest BCUT2D eigenvalue weighted by atomic mass is 10.0. The number of nitrogens with zero attached hydrogens (tertiary/aromatic N) is 1. The highest BCUT2D eigenvalue weighted by molar-refractivity contribution is 5.70. The van der Waals surface area contributed by atoms with E-state index in [4.69, 9.17) is 18.9 Å². The van der Waals surface area contributed by atoms with Gasteiger partial charge in [0.05, 0.1) is 40.3 Å². The molecule has 0 bridgehead atoms. The van der Waals surface area contributed by atoms with Gasteiger partial charge < -0.3 is 33.3 Å². The number of hydrogen-bond acceptors (Lipinski definition) is 8. The second-order valence-corrected chi connectivity index (χ2v) is 29.7. The SMILES string of the molecule is CC/C=C\C/C=C\C/C=C\C/C=C\C/C=C\C/C=C\C/C=C\C/C=C\CCCCCCCCCCCCCCCCC(=O)OC(COC(=O)CCCCCCCCCCCCCCCCCCCCCCCCCCCC/C=C\C/C=C\C/C=C\C/C=C\CC)COC(OCC[N+](C)(C)C)C(=O)[O-]. The van der Waals surface area contributed by atoms with Crippen LogP contribution in [0.2, 0.25) is 0 Å². The zero-order chi connectivity index (χ0) is 74.6. The van der Waals surface area contributed by atoms with E-state index in [-0.39, 0.29) is 32.2 Å². The van der Waals surface area contributed by atoms with Crippen LogP contribution in [0.4, 0.5) is 0 Å². The Hall–Kier alpha value is -4.83. The summed E-state index contributed by atoms with van der Waals surface area (Å²) in [7, 11) is 5.94. The van der Waals surface area contributed by atoms with E-state index < -0.39 is 24.3 Å². The normalized spacial score (nSPS) is 13.4. The third-order valence-electron chi connectivity index (χ3n) is 18.6. The van der Waals surface area contributed by atoms with Gasteiger partial charge in [-0.15, -0.1) is 0 Å². The molecule has 103 heavy (non-hydrogen) atoms. The largest absolute Gasteiger partial charge is 0.545 e. The average molecular weight is 1430 g/mol. The van der Waals surface area contributed by atoms with E-state index in [1.54, 1.807) is 0 Å². The second-order valence-electron chi connectivity index (χ2n) is 29.7. The molecule has 0 fully saturated rings. The zero-order valence-corrected chi connectivity index (χ0v) is 67.7. The van der Waals surface area contributed by atoms with Crippen LogP contribution < -0.4 is 5.11 Å². The zero-order valence-electron chi connectivity index (χ0n) is 67.7. The molecular weight excluding hydrogens is 1270 g/mol. The molecule has 0 aromatic heterocycles. The molecule has 9 nitrogen and oxygen atoms in total. The molecule has 0 N–H and O–H groups in total. The summed E-state index contributed by atoms with van der Waals surface area (Å²) in [6, 6.07) is 0. The highest BCUT2D eigenvalue weighted by Crippen LogP contribution is 2.19. The van der Waals surface area contributed by atoms with Crippen LogP contribution in [0.25, 0.3) is 0 Å². The molecule has 2 unspecified atom stereocenters. The molecule has 0 aromatic carbocycles. The summed E-state index contributed by atoms with van der Waals surface area (Å²) < 4.78 is 22.9. The van der Waals surface area contributed by atoms with Gasteiger partial charge in [0.15, 0.2) is 12.4 Å². The summed E-state index contributed by atoms with van der Waals surface area (Å²) in [5.74, 6) is -2.27. The standard InChI is InChI=1S/C94H161NO8/c1-6-8-10-12-14-16-18-20-22-24-26-28-30-32-34-36-38-40-42-44-46-48-50-52-54-56-58-60-62-64-66-68-70-72-74-76-78-80-82-84-91(96)101-88-90(89-102-94(93(98)99)100-87-86-95(3,4)5)103-92(97)85-83-81-79-77-75-73-71-69-67-65-63-61-59-57-55-53-51-49-47-45-43-41-39-37-35-33-31-29-27-25-23-21-19-17-15-13-11-9-7-2/h8-11,14-17,20-23,26-29,33,35,39,41,45,47,51,53,90,94H,6-7,12-13,18-19,24-25,30-32,34,36-38,40,42-44,46,48-50,52,54-89H2,1-5H3/b10-8-,11-9-,16-14-,17-15-,22-20-,23-21-,28-26-,29-27-,35-33-,41-39-,47-45-,53-51-. The Morgan fingerprint density at radius 3 is 0.777 bits per heavy atom. The van der Waals surface area contributed by atoms with Crippen molar-refractivity contribution in [3.63, 3.8) is 0 Å². The summed E-state index contributed by atoms with van der Waals surface area (Å²) in [4.78, 5) is 37.7. The fourth-order valence-electron chi connectivity index (χ4n) is 12.1. The van der Waals surface area contributed by atoms with Gasteiger partial charge in [-0.2, -0.15) is 0 Å². The van der Waals surface area contributed by atoms with Gasteiger partial charge in [-0.05, 0) is 116 Å². The van der Waals surface area contributed by atoms with Crippen LogP contribution in [0.3, 0.4) is 0 Å². The molecule has 0 rings (SSSR count). The van der Waals surface area contributed by atoms with Crippen LogP contribution in [0.15, 0.2) is 146 Å². The number of likely N-dealkylation sites (N-methyl/N-ethyl adjacent to an activating group) is 1. The van der Waals surface area contributed by atoms with E-state index >= 15 is 0 Å². The summed E-state index contributed by atoms with van der Waals surface area (Å²) in [5, 5.41) is 11.9. The topological polar surface area (TPSA) is 111 Å². The molecular formula is C94H161NO8. The third-order valence-corrected chi connectivity index (χ3v) is 18.6. The Morgan fingerprint density at radius 2 is 0.524 bits per heavy atom. The van der Waals surface area contributed by atoms with Gasteiger partial charge in [-0.1, -0.05) is 391 Å². The fourth-order valence-corrected chi connectivity index (χ4v) is 12.1. The molecule has 2 atom stereocenters. The smallest absolute Gasteiger partial charge is 0.306 e. The Balaban J connectivity index is 3.99. The highest BCUT2D eigenvalue weighted by atomic mass is 16.7. The van der Waals surface area contributed by atoms with Gasteiger partial charge in [0.1, 0.15) is 13.2 Å². The molecule has 0 amide bonds. The van der Waals surface area contributed by atoms with Crippen molar-refractivity contribution in [3.05, 3.63) is 146 Å². The van der Waals surface area contributed by atoms with E-state index in [2.05, 4.69) is 160 Å². The van der Waals surface area contributed by atoms with Crippen molar-refractivity contribution < 1.29 is 42.9 Å². The molecule has 0 aliphatic rings. The molecule has 590 valence electrons. The Kier molecular flexibility index (Phi) is 78.9. The predicted octanol–water partition coefficient (Wildman–Crippen LogP) is 26.8. The lowest BCUT2D eigenvalue weighted by molar-refractivity contribution is -0.870. The van der Waals surface area contributed by atoms with Crippen molar-refractivity contribution >= 4 is 17.9 Å². The summed E-state index contributed by atoms with van der Waals surface area (Å²) in [6.07, 6.45) is 118. The maximum Gasteiger partial charge on any atom is 0.306 e. The number of carbonyl (C=O) groups is 3. The van der Waals surface area contributed by atoms with E-state index in [0.717, 1.165) is 116 Å². The summed E-state index contributed by atoms with van der Waals surface area (Å²) in [6.45, 7) is 4.56. The van der Waals surface area contributed by atoms with Crippen molar-refractivity contribution in [2.24, 2.45) is 0 Å². The molecule has 0 heterocycles. The molecule has 9 heteroatoms. The van der Waals surface area contributed by atoms with Gasteiger partial charge in [-0.3, -0.25) is 9.59 Å². The van der Waals surface area contributed by atoms with Gasteiger partial charge in [0, 0.05) is 12.8 Å². The number of ether oxygens (including phenoxy) is 4. The number of rotatable bonds is 79. The molecule has 0 spiro atoms. The summed E-state index contributed by atoms with van der Waals surface area (Å²) in [5.41, 5.74) is 0. The van der Waals surface area contributed by atoms with Crippen molar-refractivity contribution in [2.75, 3.05) is 47.5 Å². The van der Waals surface area contributed by atoms with E-state index in [1.807, 2.05) is 21.1 Å². The average Bonchev–Trinajstić information content (AvgIpc) is 0.985. The van der Waals surface area contributed by atoms with Crippen LogP contribution in [0.1, 0.15) is 373 Å². The number of hydrogen-bond donors (Lipinski definition) is 0. The van der Waals surface area contributed by atoms with Gasteiger partial charge >= 0.3 is 11.9 Å². The Labute approximate surface area is 636 Å². The van der Waals surface area contributed by atoms with E-state index in [9.17, 15) is 19.5 Å². The Bertz CT molecular complexity index is 2220. The monoisotopic (exact) mass is 1430 g/mol. The first-order chi connectivity index (χ1) is 50.6. The molecule has 0 saturated carbocycles. The number of allylic oxidation sites excluding steroid dienone is 24. The number of carbonyl (C=O) groups excluding carboxylic acids is 3. The van der Waals surface area contributed by atoms with Crippen molar-refractivity contribution in [2.45, 2.75) is 386 Å². The van der Waals surface area contributed by atoms with Crippen molar-refractivity contribution in [1.29, 1.82) is 0 Å². The quantitative estimate of drug-likeness (QED) is 0.0195. The lowest BCUT2D eigenvalue weighted by Gasteiger charge is -2.26. The van der Waals surface area contributed by atoms with Crippen LogP contribution in [0.5, 0.6) is 0 Å². The molecule has 0 aliphatic heterocycles. The number of unbranched alkanes of at least 4 members (excludes halogenated alkanes) is 40. The minimum atomic E-state index is -1.63. The van der Waals surface area contributed by atoms with Gasteiger partial charge in [0.2, 0.25) is 0 Å². The van der Waals surface area contributed by atoms with Gasteiger partial charge in [-0.25, -0.2) is 0 Å². The predicted molar refractivity (Wildman–Crippen MR) is 444 cm³/mol. The van der Waals surface area contributed by atoms with E-state index in [0.29, 0.717) is 23.9 Å². The first-order valence-electron chi connectivity index (χ1n) is 43.0. The molecule has 0 radical (unpaired) electrons. The number of aliphatic carboxylic acids is 1. The molecule has 0 aliphatic carbocycles. The van der Waals surface area contributed by atoms with Crippen LogP contribution >= 0.6 is 0 Å². The van der Waals surface area contributed by atoms with Crippen molar-refractivity contribution in [3.8, 4) is 0 Å². The van der Waals surface area contributed by atoms with Crippen LogP contribution in [-0.2, 0) is 33.3 Å². The first-order valence-corrected chi connectivity index (χ1v) is 43.0. The first kappa shape index (κ1) is 98.2. The molecule has 0 saturated heterocycles. The fraction of sp³-hybridized carbons (Fsp3) is 0.713. The van der Waals surface area contributed by atoms with Crippen molar-refractivity contribution in [1.82, 2.24) is 0 Å². The van der Waals surface area contributed by atoms with Crippen LogP contribution in [0, 0.1) is 0 Å². The number of esters is 2. The maximum absolute atomic E-state index is 13.0. The van der Waals surface area contributed by atoms with Gasteiger partial charge in [0.25, 0.3) is 0 Å². The lowest BCUT2D eigenvalue weighted by Crippen LogP contribution is -2.44. The number of quaternary nitrogens is 1. The number of carboxylic acid groups (broad SMARTS) is 1. The summed E-state index contributed by atoms with van der Waals surface area (Å²) >= 11 is 0. The third kappa shape index (κ3) is 84.3. The minimum Gasteiger partial charge on any atom is -0.545 e. The Morgan fingerprint density at radius 1 is 0.291 bits per heavy atom. The highest BCUT2D eigenvalue weighted by Gasteiger charge is 2.22. The second kappa shape index (κ2) is 82.8. The maximum atomic E-state index is 13.0. The van der Waals surface area contributed by atoms with E-state index in [1.165, 1.54) is 225 Å². The molecule has 0 aromatic rings. The minimum absolute atomic E-state index is 0.145. The van der Waals surface area contributed by atoms with Crippen LogP contribution in [-0.4, -0.2) is 82.3 Å².